The smallest absolute Gasteiger partial charge is 0.141 e. The molecule has 0 unspecified atom stereocenters. The van der Waals surface area contributed by atoms with Gasteiger partial charge in [0.05, 0.1) is 0 Å². The summed E-state index contributed by atoms with van der Waals surface area (Å²) in [4.78, 5) is 7.43. The summed E-state index contributed by atoms with van der Waals surface area (Å²) in [5, 5.41) is 0. The van der Waals surface area contributed by atoms with Crippen LogP contribution in [0, 0.1) is 13.8 Å². The standard InChI is InChI=1S/C23H27N3/c1-18-13-14-19(2)26(18)23-21(11-8-15-24-23)22-12-6-7-16-25(22)17-20-9-4-3-5-10-20/h3-5,8-11,13-15,22H,6-7,12,16-17H2,1-2H3/t22-/m0/s1. The van der Waals surface area contributed by atoms with Crippen LogP contribution in [0.3, 0.4) is 0 Å². The number of likely N-dealkylation sites (tertiary alicyclic amines) is 1. The highest BCUT2D eigenvalue weighted by molar-refractivity contribution is 5.41. The predicted octanol–water partition coefficient (Wildman–Crippen LogP) is 5.22. The van der Waals surface area contributed by atoms with Gasteiger partial charge >= 0.3 is 0 Å². The third-order valence-electron chi connectivity index (χ3n) is 5.50. The Balaban J connectivity index is 1.71. The van der Waals surface area contributed by atoms with Crippen molar-refractivity contribution in [2.24, 2.45) is 0 Å². The molecule has 26 heavy (non-hydrogen) atoms. The van der Waals surface area contributed by atoms with Gasteiger partial charge in [-0.15, -0.1) is 0 Å². The molecule has 0 bridgehead atoms. The zero-order valence-corrected chi connectivity index (χ0v) is 15.7. The molecular weight excluding hydrogens is 318 g/mol. The summed E-state index contributed by atoms with van der Waals surface area (Å²) >= 11 is 0. The molecular formula is C23H27N3. The van der Waals surface area contributed by atoms with E-state index in [0.29, 0.717) is 6.04 Å². The Labute approximate surface area is 156 Å². The molecule has 3 nitrogen and oxygen atoms in total. The first kappa shape index (κ1) is 17.0. The first-order valence-corrected chi connectivity index (χ1v) is 9.62. The third kappa shape index (κ3) is 3.32. The molecule has 2 aromatic heterocycles. The van der Waals surface area contributed by atoms with E-state index in [1.165, 1.54) is 41.8 Å². The maximum absolute atomic E-state index is 4.80. The molecule has 0 spiro atoms. The molecule has 134 valence electrons. The lowest BCUT2D eigenvalue weighted by Crippen LogP contribution is -2.33. The molecule has 0 amide bonds. The van der Waals surface area contributed by atoms with Gasteiger partial charge in [-0.2, -0.15) is 0 Å². The summed E-state index contributed by atoms with van der Waals surface area (Å²) in [5.41, 5.74) is 5.23. The van der Waals surface area contributed by atoms with Gasteiger partial charge in [-0.3, -0.25) is 4.90 Å². The second kappa shape index (κ2) is 7.46. The summed E-state index contributed by atoms with van der Waals surface area (Å²) < 4.78 is 2.30. The van der Waals surface area contributed by atoms with Crippen LogP contribution in [0.25, 0.3) is 5.82 Å². The number of hydrogen-bond acceptors (Lipinski definition) is 2. The highest BCUT2D eigenvalue weighted by atomic mass is 15.2. The van der Waals surface area contributed by atoms with Crippen LogP contribution in [0.4, 0.5) is 0 Å². The van der Waals surface area contributed by atoms with Crippen LogP contribution in [0.1, 0.15) is 47.8 Å². The summed E-state index contributed by atoms with van der Waals surface area (Å²) in [6, 6.07) is 20.0. The highest BCUT2D eigenvalue weighted by Gasteiger charge is 2.27. The van der Waals surface area contributed by atoms with Gasteiger partial charge < -0.3 is 4.57 Å². The Morgan fingerprint density at radius 3 is 2.46 bits per heavy atom. The molecule has 3 aromatic rings. The summed E-state index contributed by atoms with van der Waals surface area (Å²) in [6.07, 6.45) is 5.68. The van der Waals surface area contributed by atoms with Crippen LogP contribution in [0.15, 0.2) is 60.8 Å². The molecule has 1 aromatic carbocycles. The Hall–Kier alpha value is -2.39. The number of nitrogens with zero attached hydrogens (tertiary/aromatic N) is 3. The largest absolute Gasteiger partial charge is 0.303 e. The first-order chi connectivity index (χ1) is 12.7. The third-order valence-corrected chi connectivity index (χ3v) is 5.50. The van der Waals surface area contributed by atoms with Crippen molar-refractivity contribution in [3.05, 3.63) is 83.3 Å². The van der Waals surface area contributed by atoms with Crippen molar-refractivity contribution in [2.75, 3.05) is 6.54 Å². The highest BCUT2D eigenvalue weighted by Crippen LogP contribution is 2.35. The molecule has 1 atom stereocenters. The van der Waals surface area contributed by atoms with Crippen molar-refractivity contribution in [3.63, 3.8) is 0 Å². The van der Waals surface area contributed by atoms with Gasteiger partial charge in [0, 0.05) is 35.7 Å². The van der Waals surface area contributed by atoms with E-state index in [-0.39, 0.29) is 0 Å². The molecule has 4 rings (SSSR count). The average molecular weight is 345 g/mol. The SMILES string of the molecule is Cc1ccc(C)n1-c1ncccc1[C@@H]1CCCCN1Cc1ccccc1. The normalized spacial score (nSPS) is 18.2. The fourth-order valence-corrected chi connectivity index (χ4v) is 4.21. The van der Waals surface area contributed by atoms with E-state index in [4.69, 9.17) is 4.98 Å². The number of pyridine rings is 1. The maximum atomic E-state index is 4.80. The lowest BCUT2D eigenvalue weighted by molar-refractivity contribution is 0.140. The van der Waals surface area contributed by atoms with E-state index in [9.17, 15) is 0 Å². The molecule has 0 aliphatic carbocycles. The summed E-state index contributed by atoms with van der Waals surface area (Å²) in [7, 11) is 0. The van der Waals surface area contributed by atoms with Crippen LogP contribution in [0.2, 0.25) is 0 Å². The van der Waals surface area contributed by atoms with E-state index < -0.39 is 0 Å². The number of rotatable bonds is 4. The first-order valence-electron chi connectivity index (χ1n) is 9.62. The topological polar surface area (TPSA) is 21.1 Å². The minimum atomic E-state index is 0.425. The fraction of sp³-hybridized carbons (Fsp3) is 0.348. The second-order valence-electron chi connectivity index (χ2n) is 7.34. The van der Waals surface area contributed by atoms with E-state index in [1.54, 1.807) is 0 Å². The Morgan fingerprint density at radius 2 is 1.69 bits per heavy atom. The maximum Gasteiger partial charge on any atom is 0.141 e. The Kier molecular flexibility index (Phi) is 4.89. The van der Waals surface area contributed by atoms with Gasteiger partial charge in [0.25, 0.3) is 0 Å². The summed E-state index contributed by atoms with van der Waals surface area (Å²) in [5.74, 6) is 1.09. The average Bonchev–Trinajstić information content (AvgIpc) is 3.01. The van der Waals surface area contributed by atoms with Crippen LogP contribution in [-0.2, 0) is 6.54 Å². The van der Waals surface area contributed by atoms with Crippen molar-refractivity contribution < 1.29 is 0 Å². The van der Waals surface area contributed by atoms with E-state index in [2.05, 4.69) is 77.9 Å². The number of aromatic nitrogens is 2. The number of piperidine rings is 1. The summed E-state index contributed by atoms with van der Waals surface area (Å²) in [6.45, 7) is 6.48. The molecule has 1 saturated heterocycles. The van der Waals surface area contributed by atoms with Crippen molar-refractivity contribution in [3.8, 4) is 5.82 Å². The Bertz CT molecular complexity index is 847. The van der Waals surface area contributed by atoms with Crippen molar-refractivity contribution in [2.45, 2.75) is 45.7 Å². The molecule has 1 fully saturated rings. The van der Waals surface area contributed by atoms with Crippen LogP contribution in [0.5, 0.6) is 0 Å². The molecule has 1 aliphatic rings. The predicted molar refractivity (Wildman–Crippen MR) is 106 cm³/mol. The van der Waals surface area contributed by atoms with Crippen LogP contribution in [-0.4, -0.2) is 21.0 Å². The van der Waals surface area contributed by atoms with Crippen LogP contribution >= 0.6 is 0 Å². The zero-order chi connectivity index (χ0) is 17.9. The van der Waals surface area contributed by atoms with Crippen molar-refractivity contribution >= 4 is 0 Å². The lowest BCUT2D eigenvalue weighted by Gasteiger charge is -2.37. The minimum absolute atomic E-state index is 0.425. The van der Waals surface area contributed by atoms with Gasteiger partial charge in [-0.1, -0.05) is 42.8 Å². The molecule has 0 radical (unpaired) electrons. The monoisotopic (exact) mass is 345 g/mol. The number of aryl methyl sites for hydroxylation is 2. The Morgan fingerprint density at radius 1 is 0.923 bits per heavy atom. The van der Waals surface area contributed by atoms with Gasteiger partial charge in [0.15, 0.2) is 0 Å². The minimum Gasteiger partial charge on any atom is -0.303 e. The van der Waals surface area contributed by atoms with E-state index in [1.807, 2.05) is 6.20 Å². The van der Waals surface area contributed by atoms with Crippen molar-refractivity contribution in [1.82, 2.24) is 14.5 Å². The van der Waals surface area contributed by atoms with Crippen LogP contribution < -0.4 is 0 Å². The van der Waals surface area contributed by atoms with Gasteiger partial charge in [0.1, 0.15) is 5.82 Å². The van der Waals surface area contributed by atoms with Gasteiger partial charge in [-0.05, 0) is 57.0 Å². The number of benzene rings is 1. The van der Waals surface area contributed by atoms with Gasteiger partial charge in [0.2, 0.25) is 0 Å². The van der Waals surface area contributed by atoms with E-state index >= 15 is 0 Å². The zero-order valence-electron chi connectivity index (χ0n) is 15.7. The lowest BCUT2D eigenvalue weighted by atomic mass is 9.94. The quantitative estimate of drug-likeness (QED) is 0.647. The fourth-order valence-electron chi connectivity index (χ4n) is 4.21. The molecule has 1 aliphatic heterocycles. The molecule has 3 heteroatoms. The molecule has 3 heterocycles. The van der Waals surface area contributed by atoms with Crippen molar-refractivity contribution in [1.29, 1.82) is 0 Å². The molecule has 0 saturated carbocycles. The van der Waals surface area contributed by atoms with Gasteiger partial charge in [-0.25, -0.2) is 4.98 Å². The number of hydrogen-bond donors (Lipinski definition) is 0. The molecule has 0 N–H and O–H groups in total. The second-order valence-corrected chi connectivity index (χ2v) is 7.34. The van der Waals surface area contributed by atoms with E-state index in [0.717, 1.165) is 18.9 Å².